The standard InChI is InChI=1S/C17H26N2O5S/c1-17(2,3)24-16(21)13-10-8-12(9-11-13)14(15(20)18(4)5)25(22,23)19(6)7/h8-11,14H,1-7H3. The van der Waals surface area contributed by atoms with Gasteiger partial charge in [0.15, 0.2) is 5.25 Å². The third kappa shape index (κ3) is 5.27. The van der Waals surface area contributed by atoms with Gasteiger partial charge in [-0.05, 0) is 38.5 Å². The molecule has 0 bridgehead atoms. The predicted molar refractivity (Wildman–Crippen MR) is 95.7 cm³/mol. The minimum absolute atomic E-state index is 0.289. The Morgan fingerprint density at radius 1 is 1.00 bits per heavy atom. The van der Waals surface area contributed by atoms with E-state index in [1.54, 1.807) is 20.8 Å². The second-order valence-corrected chi connectivity index (χ2v) is 9.30. The molecule has 1 rings (SSSR count). The summed E-state index contributed by atoms with van der Waals surface area (Å²) in [4.78, 5) is 25.7. The van der Waals surface area contributed by atoms with Crippen LogP contribution < -0.4 is 0 Å². The normalized spacial score (nSPS) is 13.4. The van der Waals surface area contributed by atoms with E-state index in [2.05, 4.69) is 0 Å². The minimum Gasteiger partial charge on any atom is -0.456 e. The van der Waals surface area contributed by atoms with Crippen LogP contribution in [-0.2, 0) is 19.6 Å². The van der Waals surface area contributed by atoms with Crippen molar-refractivity contribution < 1.29 is 22.7 Å². The van der Waals surface area contributed by atoms with Crippen LogP contribution in [0.2, 0.25) is 0 Å². The molecule has 0 aliphatic heterocycles. The van der Waals surface area contributed by atoms with Gasteiger partial charge in [0.05, 0.1) is 5.56 Å². The number of sulfonamides is 1. The summed E-state index contributed by atoms with van der Waals surface area (Å²) in [6.07, 6.45) is 0. The molecule has 0 aromatic heterocycles. The Labute approximate surface area is 149 Å². The lowest BCUT2D eigenvalue weighted by Gasteiger charge is -2.24. The molecule has 0 saturated carbocycles. The van der Waals surface area contributed by atoms with Crippen LogP contribution in [0, 0.1) is 0 Å². The number of amides is 1. The zero-order chi connectivity index (χ0) is 19.6. The van der Waals surface area contributed by atoms with E-state index in [1.807, 2.05) is 0 Å². The number of esters is 1. The molecule has 0 N–H and O–H groups in total. The van der Waals surface area contributed by atoms with Gasteiger partial charge in [0.2, 0.25) is 15.9 Å². The van der Waals surface area contributed by atoms with Crippen molar-refractivity contribution >= 4 is 21.9 Å². The third-order valence-corrected chi connectivity index (χ3v) is 5.41. The van der Waals surface area contributed by atoms with Gasteiger partial charge in [-0.1, -0.05) is 12.1 Å². The highest BCUT2D eigenvalue weighted by Gasteiger charge is 2.37. The Balaban J connectivity index is 3.26. The highest BCUT2D eigenvalue weighted by atomic mass is 32.2. The van der Waals surface area contributed by atoms with E-state index in [-0.39, 0.29) is 5.56 Å². The van der Waals surface area contributed by atoms with Crippen molar-refractivity contribution in [1.82, 2.24) is 9.21 Å². The molecule has 0 saturated heterocycles. The van der Waals surface area contributed by atoms with Crippen LogP contribution in [-0.4, -0.2) is 63.3 Å². The van der Waals surface area contributed by atoms with Gasteiger partial charge in [0.25, 0.3) is 0 Å². The second kappa shape index (κ2) is 7.53. The van der Waals surface area contributed by atoms with E-state index >= 15 is 0 Å². The lowest BCUT2D eigenvalue weighted by molar-refractivity contribution is -0.128. The number of hydrogen-bond donors (Lipinski definition) is 0. The Morgan fingerprint density at radius 3 is 1.84 bits per heavy atom. The summed E-state index contributed by atoms with van der Waals surface area (Å²) in [5.41, 5.74) is -0.0512. The number of hydrogen-bond acceptors (Lipinski definition) is 5. The summed E-state index contributed by atoms with van der Waals surface area (Å²) in [5, 5.41) is -1.37. The molecule has 1 aromatic rings. The molecule has 1 aromatic carbocycles. The van der Waals surface area contributed by atoms with Crippen molar-refractivity contribution in [2.45, 2.75) is 31.6 Å². The summed E-state index contributed by atoms with van der Waals surface area (Å²) in [7, 11) is 1.87. The van der Waals surface area contributed by atoms with Crippen LogP contribution in [0.5, 0.6) is 0 Å². The van der Waals surface area contributed by atoms with Gasteiger partial charge in [0, 0.05) is 28.2 Å². The lowest BCUT2D eigenvalue weighted by Crippen LogP contribution is -2.38. The number of carbonyl (C=O) groups is 2. The van der Waals surface area contributed by atoms with Gasteiger partial charge < -0.3 is 9.64 Å². The predicted octanol–water partition coefficient (Wildman–Crippen LogP) is 1.66. The molecule has 8 heteroatoms. The first-order valence-electron chi connectivity index (χ1n) is 7.73. The van der Waals surface area contributed by atoms with Crippen LogP contribution in [0.15, 0.2) is 24.3 Å². The molecule has 0 aliphatic carbocycles. The van der Waals surface area contributed by atoms with Gasteiger partial charge in [-0.25, -0.2) is 17.5 Å². The van der Waals surface area contributed by atoms with Gasteiger partial charge in [-0.3, -0.25) is 4.79 Å². The van der Waals surface area contributed by atoms with Crippen LogP contribution in [0.3, 0.4) is 0 Å². The summed E-state index contributed by atoms with van der Waals surface area (Å²) in [5.74, 6) is -1.07. The van der Waals surface area contributed by atoms with E-state index in [0.29, 0.717) is 5.56 Å². The largest absolute Gasteiger partial charge is 0.456 e. The number of nitrogens with zero attached hydrogens (tertiary/aromatic N) is 2. The smallest absolute Gasteiger partial charge is 0.338 e. The molecule has 1 amide bonds. The van der Waals surface area contributed by atoms with Crippen molar-refractivity contribution in [2.24, 2.45) is 0 Å². The molecule has 25 heavy (non-hydrogen) atoms. The topological polar surface area (TPSA) is 84.0 Å². The number of ether oxygens (including phenoxy) is 1. The SMILES string of the molecule is CN(C)C(=O)C(c1ccc(C(=O)OC(C)(C)C)cc1)S(=O)(=O)N(C)C. The van der Waals surface area contributed by atoms with Crippen LogP contribution >= 0.6 is 0 Å². The number of likely N-dealkylation sites (N-methyl/N-ethyl adjacent to an activating group) is 1. The number of rotatable bonds is 5. The highest BCUT2D eigenvalue weighted by molar-refractivity contribution is 7.90. The van der Waals surface area contributed by atoms with E-state index < -0.39 is 32.8 Å². The van der Waals surface area contributed by atoms with E-state index in [0.717, 1.165) is 4.31 Å². The van der Waals surface area contributed by atoms with Crippen molar-refractivity contribution in [3.8, 4) is 0 Å². The quantitative estimate of drug-likeness (QED) is 0.736. The van der Waals surface area contributed by atoms with Crippen molar-refractivity contribution in [2.75, 3.05) is 28.2 Å². The Bertz CT molecular complexity index is 731. The average Bonchev–Trinajstić information content (AvgIpc) is 2.45. The molecule has 0 heterocycles. The van der Waals surface area contributed by atoms with E-state index in [1.165, 1.54) is 57.4 Å². The fourth-order valence-electron chi connectivity index (χ4n) is 2.02. The van der Waals surface area contributed by atoms with Gasteiger partial charge >= 0.3 is 5.97 Å². The third-order valence-electron chi connectivity index (χ3n) is 3.32. The fraction of sp³-hybridized carbons (Fsp3) is 0.529. The van der Waals surface area contributed by atoms with Crippen LogP contribution in [0.4, 0.5) is 0 Å². The fourth-order valence-corrected chi connectivity index (χ4v) is 3.41. The first-order valence-corrected chi connectivity index (χ1v) is 9.23. The summed E-state index contributed by atoms with van der Waals surface area (Å²) < 4.78 is 31.4. The molecule has 140 valence electrons. The number of carbonyl (C=O) groups excluding carboxylic acids is 2. The molecule has 0 radical (unpaired) electrons. The van der Waals surface area contributed by atoms with E-state index in [9.17, 15) is 18.0 Å². The Kier molecular flexibility index (Phi) is 6.36. The summed E-state index contributed by atoms with van der Waals surface area (Å²) in [6, 6.07) is 5.85. The molecular formula is C17H26N2O5S. The molecule has 7 nitrogen and oxygen atoms in total. The van der Waals surface area contributed by atoms with E-state index in [4.69, 9.17) is 4.74 Å². The Hall–Kier alpha value is -1.93. The van der Waals surface area contributed by atoms with Crippen LogP contribution in [0.25, 0.3) is 0 Å². The van der Waals surface area contributed by atoms with Gasteiger partial charge in [-0.15, -0.1) is 0 Å². The summed E-state index contributed by atoms with van der Waals surface area (Å²) in [6.45, 7) is 5.28. The van der Waals surface area contributed by atoms with Crippen molar-refractivity contribution in [3.05, 3.63) is 35.4 Å². The molecule has 0 aliphatic rings. The minimum atomic E-state index is -3.87. The van der Waals surface area contributed by atoms with Crippen molar-refractivity contribution in [1.29, 1.82) is 0 Å². The first-order chi connectivity index (χ1) is 11.3. The van der Waals surface area contributed by atoms with Crippen LogP contribution in [0.1, 0.15) is 41.9 Å². The van der Waals surface area contributed by atoms with Gasteiger partial charge in [-0.2, -0.15) is 0 Å². The maximum Gasteiger partial charge on any atom is 0.338 e. The molecule has 1 atom stereocenters. The zero-order valence-corrected chi connectivity index (χ0v) is 16.5. The average molecular weight is 370 g/mol. The molecule has 0 fully saturated rings. The summed E-state index contributed by atoms with van der Waals surface area (Å²) >= 11 is 0. The zero-order valence-electron chi connectivity index (χ0n) is 15.7. The van der Waals surface area contributed by atoms with Crippen molar-refractivity contribution in [3.63, 3.8) is 0 Å². The second-order valence-electron chi connectivity index (χ2n) is 7.06. The first kappa shape index (κ1) is 21.1. The van der Waals surface area contributed by atoms with Gasteiger partial charge in [0.1, 0.15) is 5.60 Å². The molecule has 1 unspecified atom stereocenters. The maximum atomic E-state index is 12.6. The lowest BCUT2D eigenvalue weighted by atomic mass is 10.1. The highest BCUT2D eigenvalue weighted by Crippen LogP contribution is 2.27. The number of benzene rings is 1. The maximum absolute atomic E-state index is 12.6. The Morgan fingerprint density at radius 2 is 1.48 bits per heavy atom. The monoisotopic (exact) mass is 370 g/mol. The molecule has 0 spiro atoms. The molecular weight excluding hydrogens is 344 g/mol.